The number of fused-ring (bicyclic) bond motifs is 1. The van der Waals surface area contributed by atoms with Gasteiger partial charge in [-0.25, -0.2) is 0 Å². The molecule has 16 heavy (non-hydrogen) atoms. The summed E-state index contributed by atoms with van der Waals surface area (Å²) in [7, 11) is 7.42. The zero-order chi connectivity index (χ0) is 11.7. The molecule has 2 rings (SSSR count). The molecule has 0 saturated carbocycles. The van der Waals surface area contributed by atoms with Crippen molar-refractivity contribution >= 4 is 26.4 Å². The van der Waals surface area contributed by atoms with Gasteiger partial charge in [-0.3, -0.25) is 0 Å². The van der Waals surface area contributed by atoms with Crippen LogP contribution in [-0.2, 0) is 0 Å². The molecule has 1 aromatic carbocycles. The molecule has 0 fully saturated rings. The van der Waals surface area contributed by atoms with Crippen molar-refractivity contribution in [3.63, 3.8) is 0 Å². The van der Waals surface area contributed by atoms with Gasteiger partial charge in [0.25, 0.3) is 0 Å². The minimum Gasteiger partial charge on any atom is -0.497 e. The Balaban J connectivity index is 2.65. The fourth-order valence-electron chi connectivity index (χ4n) is 1.58. The number of ether oxygens (including phenoxy) is 2. The highest BCUT2D eigenvalue weighted by Gasteiger charge is 2.10. The first kappa shape index (κ1) is 11.1. The molecule has 0 N–H and O–H groups in total. The number of hydrogen-bond donors (Lipinski definition) is 0. The molecule has 0 saturated heterocycles. The SMILES string of the molecule is COc1cc(OC)c2cc(N(C)C)sc2c1. The maximum atomic E-state index is 5.37. The van der Waals surface area contributed by atoms with Crippen molar-refractivity contribution in [2.45, 2.75) is 0 Å². The van der Waals surface area contributed by atoms with Gasteiger partial charge in [-0.05, 0) is 12.1 Å². The normalized spacial score (nSPS) is 10.5. The highest BCUT2D eigenvalue weighted by molar-refractivity contribution is 7.22. The van der Waals surface area contributed by atoms with Crippen LogP contribution in [0.25, 0.3) is 10.1 Å². The summed E-state index contributed by atoms with van der Waals surface area (Å²) in [5.41, 5.74) is 0. The van der Waals surface area contributed by atoms with Crippen LogP contribution in [0.15, 0.2) is 18.2 Å². The van der Waals surface area contributed by atoms with Gasteiger partial charge in [-0.2, -0.15) is 0 Å². The number of thiophene rings is 1. The molecule has 0 aliphatic carbocycles. The second-order valence-electron chi connectivity index (χ2n) is 3.72. The Morgan fingerprint density at radius 3 is 2.38 bits per heavy atom. The van der Waals surface area contributed by atoms with E-state index in [2.05, 4.69) is 11.0 Å². The molecular weight excluding hydrogens is 222 g/mol. The summed E-state index contributed by atoms with van der Waals surface area (Å²) in [5, 5.41) is 2.35. The molecular formula is C12H15NO2S. The van der Waals surface area contributed by atoms with E-state index in [0.29, 0.717) is 0 Å². The van der Waals surface area contributed by atoms with Crippen LogP contribution in [0.5, 0.6) is 11.5 Å². The zero-order valence-electron chi connectivity index (χ0n) is 9.90. The van der Waals surface area contributed by atoms with E-state index < -0.39 is 0 Å². The highest BCUT2D eigenvalue weighted by Crippen LogP contribution is 2.39. The summed E-state index contributed by atoms with van der Waals surface area (Å²) in [6, 6.07) is 6.09. The fourth-order valence-corrected chi connectivity index (χ4v) is 2.61. The van der Waals surface area contributed by atoms with Gasteiger partial charge < -0.3 is 14.4 Å². The molecule has 1 heterocycles. The first-order valence-electron chi connectivity index (χ1n) is 4.98. The van der Waals surface area contributed by atoms with E-state index >= 15 is 0 Å². The molecule has 4 heteroatoms. The number of hydrogen-bond acceptors (Lipinski definition) is 4. The third kappa shape index (κ3) is 1.80. The molecule has 0 bridgehead atoms. The summed E-state index contributed by atoms with van der Waals surface area (Å²) in [5.74, 6) is 1.69. The molecule has 2 aromatic rings. The van der Waals surface area contributed by atoms with Gasteiger partial charge in [0.15, 0.2) is 0 Å². The summed E-state index contributed by atoms with van der Waals surface area (Å²) in [4.78, 5) is 2.09. The summed E-state index contributed by atoms with van der Waals surface area (Å²) in [6.45, 7) is 0. The first-order chi connectivity index (χ1) is 7.65. The van der Waals surface area contributed by atoms with E-state index in [9.17, 15) is 0 Å². The Morgan fingerprint density at radius 2 is 1.81 bits per heavy atom. The predicted molar refractivity (Wildman–Crippen MR) is 69.3 cm³/mol. The van der Waals surface area contributed by atoms with Crippen LogP contribution in [0.4, 0.5) is 5.00 Å². The highest BCUT2D eigenvalue weighted by atomic mass is 32.1. The van der Waals surface area contributed by atoms with E-state index in [1.165, 1.54) is 9.70 Å². The van der Waals surface area contributed by atoms with Crippen molar-refractivity contribution in [2.75, 3.05) is 33.2 Å². The summed E-state index contributed by atoms with van der Waals surface area (Å²) >= 11 is 1.73. The van der Waals surface area contributed by atoms with Gasteiger partial charge >= 0.3 is 0 Å². The van der Waals surface area contributed by atoms with Crippen molar-refractivity contribution in [3.8, 4) is 11.5 Å². The van der Waals surface area contributed by atoms with Crippen LogP contribution in [0.3, 0.4) is 0 Å². The molecule has 0 amide bonds. The fraction of sp³-hybridized carbons (Fsp3) is 0.333. The van der Waals surface area contributed by atoms with Crippen LogP contribution in [-0.4, -0.2) is 28.3 Å². The molecule has 0 atom stereocenters. The average molecular weight is 237 g/mol. The third-order valence-corrected chi connectivity index (χ3v) is 3.71. The Bertz CT molecular complexity index is 505. The average Bonchev–Trinajstić information content (AvgIpc) is 2.71. The van der Waals surface area contributed by atoms with Gasteiger partial charge in [0.2, 0.25) is 0 Å². The maximum Gasteiger partial charge on any atom is 0.131 e. The van der Waals surface area contributed by atoms with Crippen molar-refractivity contribution in [3.05, 3.63) is 18.2 Å². The monoisotopic (exact) mass is 237 g/mol. The second-order valence-corrected chi connectivity index (χ2v) is 4.78. The number of rotatable bonds is 3. The minimum atomic E-state index is 0.830. The Hall–Kier alpha value is -1.42. The smallest absolute Gasteiger partial charge is 0.131 e. The molecule has 0 spiro atoms. The zero-order valence-corrected chi connectivity index (χ0v) is 10.7. The number of benzene rings is 1. The van der Waals surface area contributed by atoms with Crippen molar-refractivity contribution < 1.29 is 9.47 Å². The number of nitrogens with zero attached hydrogens (tertiary/aromatic N) is 1. The number of anilines is 1. The molecule has 3 nitrogen and oxygen atoms in total. The van der Waals surface area contributed by atoms with Crippen molar-refractivity contribution in [1.82, 2.24) is 0 Å². The van der Waals surface area contributed by atoms with E-state index in [4.69, 9.17) is 9.47 Å². The Kier molecular flexibility index (Phi) is 2.92. The van der Waals surface area contributed by atoms with Crippen LogP contribution < -0.4 is 14.4 Å². The lowest BCUT2D eigenvalue weighted by Gasteiger charge is -2.06. The minimum absolute atomic E-state index is 0.830. The largest absolute Gasteiger partial charge is 0.497 e. The summed E-state index contributed by atoms with van der Waals surface area (Å²) < 4.78 is 11.8. The van der Waals surface area contributed by atoms with Gasteiger partial charge in [0, 0.05) is 30.2 Å². The van der Waals surface area contributed by atoms with Gasteiger partial charge in [-0.15, -0.1) is 11.3 Å². The predicted octanol–water partition coefficient (Wildman–Crippen LogP) is 2.98. The Morgan fingerprint density at radius 1 is 1.06 bits per heavy atom. The first-order valence-corrected chi connectivity index (χ1v) is 5.80. The Labute approximate surface area is 99.2 Å². The topological polar surface area (TPSA) is 21.7 Å². The summed E-state index contributed by atoms with van der Waals surface area (Å²) in [6.07, 6.45) is 0. The number of methoxy groups -OCH3 is 2. The van der Waals surface area contributed by atoms with E-state index in [0.717, 1.165) is 16.9 Å². The lowest BCUT2D eigenvalue weighted by Crippen LogP contribution is -2.05. The lowest BCUT2D eigenvalue weighted by atomic mass is 10.2. The van der Waals surface area contributed by atoms with Gasteiger partial charge in [0.05, 0.1) is 19.2 Å². The van der Waals surface area contributed by atoms with E-state index in [1.807, 2.05) is 26.2 Å². The lowest BCUT2D eigenvalue weighted by molar-refractivity contribution is 0.398. The van der Waals surface area contributed by atoms with E-state index in [1.54, 1.807) is 25.6 Å². The molecule has 0 radical (unpaired) electrons. The third-order valence-electron chi connectivity index (χ3n) is 2.46. The molecule has 1 aromatic heterocycles. The van der Waals surface area contributed by atoms with Crippen LogP contribution in [0.2, 0.25) is 0 Å². The maximum absolute atomic E-state index is 5.37. The molecule has 0 unspecified atom stereocenters. The molecule has 0 aliphatic rings. The quantitative estimate of drug-likeness (QED) is 0.819. The van der Waals surface area contributed by atoms with Gasteiger partial charge in [0.1, 0.15) is 11.5 Å². The molecule has 0 aliphatic heterocycles. The molecule has 86 valence electrons. The van der Waals surface area contributed by atoms with E-state index in [-0.39, 0.29) is 0 Å². The van der Waals surface area contributed by atoms with Crippen LogP contribution in [0, 0.1) is 0 Å². The van der Waals surface area contributed by atoms with Crippen molar-refractivity contribution in [1.29, 1.82) is 0 Å². The van der Waals surface area contributed by atoms with Gasteiger partial charge in [-0.1, -0.05) is 0 Å². The second kappa shape index (κ2) is 4.22. The van der Waals surface area contributed by atoms with Crippen LogP contribution in [0.1, 0.15) is 0 Å². The van der Waals surface area contributed by atoms with Crippen LogP contribution >= 0.6 is 11.3 Å². The van der Waals surface area contributed by atoms with Crippen molar-refractivity contribution in [2.24, 2.45) is 0 Å². The standard InChI is InChI=1S/C12H15NO2S/c1-13(2)12-7-9-10(15-4)5-8(14-3)6-11(9)16-12/h5-7H,1-4H3.